The minimum Gasteiger partial charge on any atom is -0.359 e. The fourth-order valence-electron chi connectivity index (χ4n) is 4.68. The van der Waals surface area contributed by atoms with Gasteiger partial charge in [0, 0.05) is 41.3 Å². The Morgan fingerprint density at radius 3 is 2.60 bits per heavy atom. The highest BCUT2D eigenvalue weighted by Crippen LogP contribution is 2.33. The van der Waals surface area contributed by atoms with Crippen molar-refractivity contribution in [3.63, 3.8) is 0 Å². The third kappa shape index (κ3) is 6.03. The summed E-state index contributed by atoms with van der Waals surface area (Å²) in [6.45, 7) is 0. The van der Waals surface area contributed by atoms with Crippen LogP contribution in [0.4, 0.5) is 17.3 Å². The third-order valence-electron chi connectivity index (χ3n) is 6.59. The van der Waals surface area contributed by atoms with E-state index >= 15 is 0 Å². The van der Waals surface area contributed by atoms with Gasteiger partial charge in [0.25, 0.3) is 0 Å². The van der Waals surface area contributed by atoms with E-state index in [1.165, 1.54) is 0 Å². The van der Waals surface area contributed by atoms with Crippen molar-refractivity contribution in [1.82, 2.24) is 24.7 Å². The van der Waals surface area contributed by atoms with Crippen LogP contribution in [0.25, 0.3) is 28.3 Å². The van der Waals surface area contributed by atoms with E-state index in [1.807, 2.05) is 101 Å². The summed E-state index contributed by atoms with van der Waals surface area (Å²) in [6.07, 6.45) is 4.26. The number of benzene rings is 2. The smallest absolute Gasteiger partial charge is 0.229 e. The van der Waals surface area contributed by atoms with E-state index in [4.69, 9.17) is 9.97 Å². The molecule has 0 bridgehead atoms. The molecule has 0 radical (unpaired) electrons. The summed E-state index contributed by atoms with van der Waals surface area (Å²) in [5.41, 5.74) is 6.16. The molecule has 0 aliphatic heterocycles. The molecule has 0 unspecified atom stereocenters. The Labute approximate surface area is 246 Å². The number of carbonyl (C=O) groups is 2. The Bertz CT molecular complexity index is 1880. The number of aromatic nitrogens is 4. The maximum Gasteiger partial charge on any atom is 0.229 e. The standard InChI is InChI=1S/C32H27N7O2S/c1-33-28(40)18-21-7-4-9-23(17-21)36-32-34-14-13-26(37-32)31-30(38-27-12-2-3-15-39(27)31)22-8-5-10-24(19-22)35-29(41)20-25-11-6-16-42-25/h2-17,19H,18,20H2,1H3,(H,33,40)(H,35,41)(H,34,36,37). The fourth-order valence-corrected chi connectivity index (χ4v) is 5.38. The summed E-state index contributed by atoms with van der Waals surface area (Å²) < 4.78 is 1.99. The number of nitrogens with one attached hydrogen (secondary N) is 3. The van der Waals surface area contributed by atoms with Crippen LogP contribution in [0.15, 0.2) is 103 Å². The van der Waals surface area contributed by atoms with Crippen LogP contribution in [0.5, 0.6) is 0 Å². The number of hydrogen-bond donors (Lipinski definition) is 3. The number of thiophene rings is 1. The second-order valence-corrected chi connectivity index (χ2v) is 10.6. The van der Waals surface area contributed by atoms with Crippen LogP contribution < -0.4 is 16.0 Å². The Kier molecular flexibility index (Phi) is 7.69. The number of nitrogens with zero attached hydrogens (tertiary/aromatic N) is 4. The molecule has 2 amide bonds. The van der Waals surface area contributed by atoms with E-state index in [2.05, 4.69) is 20.9 Å². The molecule has 3 N–H and O–H groups in total. The number of fused-ring (bicyclic) bond motifs is 1. The molecular weight excluding hydrogens is 546 g/mol. The first kappa shape index (κ1) is 26.9. The van der Waals surface area contributed by atoms with Gasteiger partial charge in [-0.05, 0) is 59.5 Å². The van der Waals surface area contributed by atoms with Crippen molar-refractivity contribution in [2.75, 3.05) is 17.7 Å². The van der Waals surface area contributed by atoms with Gasteiger partial charge in [-0.3, -0.25) is 14.0 Å². The van der Waals surface area contributed by atoms with Gasteiger partial charge in [0.2, 0.25) is 17.8 Å². The van der Waals surface area contributed by atoms with E-state index in [9.17, 15) is 9.59 Å². The first-order valence-electron chi connectivity index (χ1n) is 13.4. The molecule has 4 heterocycles. The number of carbonyl (C=O) groups excluding carboxylic acids is 2. The van der Waals surface area contributed by atoms with E-state index < -0.39 is 0 Å². The lowest BCUT2D eigenvalue weighted by molar-refractivity contribution is -0.120. The predicted molar refractivity (Wildman–Crippen MR) is 166 cm³/mol. The van der Waals surface area contributed by atoms with Gasteiger partial charge >= 0.3 is 0 Å². The van der Waals surface area contributed by atoms with Crippen LogP contribution in [0.1, 0.15) is 10.4 Å². The molecule has 2 aromatic carbocycles. The largest absolute Gasteiger partial charge is 0.359 e. The number of likely N-dealkylation sites (N-methyl/N-ethyl adjacent to an activating group) is 1. The molecule has 0 atom stereocenters. The quantitative estimate of drug-likeness (QED) is 0.204. The van der Waals surface area contributed by atoms with Crippen molar-refractivity contribution in [2.24, 2.45) is 0 Å². The summed E-state index contributed by atoms with van der Waals surface area (Å²) in [6, 6.07) is 26.8. The average Bonchev–Trinajstić information content (AvgIpc) is 3.65. The SMILES string of the molecule is CNC(=O)Cc1cccc(Nc2nccc(-c3c(-c4cccc(NC(=O)Cc5cccs5)c4)nc4ccccn34)n2)c1. The molecule has 0 aliphatic carbocycles. The number of imidazole rings is 1. The van der Waals surface area contributed by atoms with Crippen LogP contribution in [-0.4, -0.2) is 38.2 Å². The van der Waals surface area contributed by atoms with Gasteiger partial charge in [0.05, 0.1) is 29.9 Å². The van der Waals surface area contributed by atoms with Gasteiger partial charge in [-0.1, -0.05) is 36.4 Å². The molecule has 0 saturated carbocycles. The van der Waals surface area contributed by atoms with Gasteiger partial charge in [-0.25, -0.2) is 15.0 Å². The van der Waals surface area contributed by atoms with E-state index in [0.29, 0.717) is 23.8 Å². The Hall–Kier alpha value is -5.35. The molecule has 0 spiro atoms. The number of amides is 2. The highest BCUT2D eigenvalue weighted by Gasteiger charge is 2.18. The van der Waals surface area contributed by atoms with Gasteiger partial charge in [-0.2, -0.15) is 0 Å². The van der Waals surface area contributed by atoms with Crippen molar-refractivity contribution in [2.45, 2.75) is 12.8 Å². The number of rotatable bonds is 9. The van der Waals surface area contributed by atoms with Crippen LogP contribution in [-0.2, 0) is 22.4 Å². The van der Waals surface area contributed by atoms with Crippen LogP contribution in [0.2, 0.25) is 0 Å². The van der Waals surface area contributed by atoms with Gasteiger partial charge in [0.15, 0.2) is 0 Å². The van der Waals surface area contributed by atoms with E-state index in [1.54, 1.807) is 24.6 Å². The van der Waals surface area contributed by atoms with E-state index in [0.717, 1.165) is 38.7 Å². The third-order valence-corrected chi connectivity index (χ3v) is 7.47. The molecule has 6 aromatic rings. The van der Waals surface area contributed by atoms with Gasteiger partial charge in [0.1, 0.15) is 5.65 Å². The van der Waals surface area contributed by atoms with Crippen molar-refractivity contribution in [1.29, 1.82) is 0 Å². The topological polar surface area (TPSA) is 113 Å². The van der Waals surface area contributed by atoms with Crippen molar-refractivity contribution in [3.05, 3.63) is 113 Å². The Morgan fingerprint density at radius 1 is 0.857 bits per heavy atom. The first-order valence-corrected chi connectivity index (χ1v) is 14.2. The summed E-state index contributed by atoms with van der Waals surface area (Å²) in [4.78, 5) is 39.7. The number of pyridine rings is 1. The lowest BCUT2D eigenvalue weighted by Crippen LogP contribution is -2.19. The average molecular weight is 574 g/mol. The second-order valence-electron chi connectivity index (χ2n) is 9.56. The van der Waals surface area contributed by atoms with Crippen molar-refractivity contribution in [3.8, 4) is 22.6 Å². The maximum atomic E-state index is 12.7. The number of anilines is 3. The summed E-state index contributed by atoms with van der Waals surface area (Å²) in [7, 11) is 1.62. The monoisotopic (exact) mass is 573 g/mol. The van der Waals surface area contributed by atoms with Gasteiger partial charge < -0.3 is 16.0 Å². The Balaban J connectivity index is 1.32. The molecule has 6 rings (SSSR count). The molecule has 4 aromatic heterocycles. The van der Waals surface area contributed by atoms with Crippen LogP contribution in [0, 0.1) is 0 Å². The second kappa shape index (κ2) is 12.0. The summed E-state index contributed by atoms with van der Waals surface area (Å²) in [5.74, 6) is 0.281. The molecule has 9 nitrogen and oxygen atoms in total. The molecule has 10 heteroatoms. The molecule has 0 saturated heterocycles. The molecule has 42 heavy (non-hydrogen) atoms. The summed E-state index contributed by atoms with van der Waals surface area (Å²) >= 11 is 1.56. The lowest BCUT2D eigenvalue weighted by atomic mass is 10.1. The fraction of sp³-hybridized carbons (Fsp3) is 0.0938. The summed E-state index contributed by atoms with van der Waals surface area (Å²) in [5, 5.41) is 10.9. The molecular formula is C32H27N7O2S. The van der Waals surface area contributed by atoms with Gasteiger partial charge in [-0.15, -0.1) is 11.3 Å². The zero-order valence-corrected chi connectivity index (χ0v) is 23.6. The van der Waals surface area contributed by atoms with Crippen molar-refractivity contribution < 1.29 is 9.59 Å². The molecule has 208 valence electrons. The van der Waals surface area contributed by atoms with E-state index in [-0.39, 0.29) is 18.2 Å². The predicted octanol–water partition coefficient (Wildman–Crippen LogP) is 5.73. The van der Waals surface area contributed by atoms with Crippen LogP contribution >= 0.6 is 11.3 Å². The highest BCUT2D eigenvalue weighted by atomic mass is 32.1. The zero-order chi connectivity index (χ0) is 28.9. The minimum absolute atomic E-state index is 0.0586. The zero-order valence-electron chi connectivity index (χ0n) is 22.7. The normalized spacial score (nSPS) is 10.9. The molecule has 0 aliphatic rings. The highest BCUT2D eigenvalue weighted by molar-refractivity contribution is 7.10. The number of hydrogen-bond acceptors (Lipinski definition) is 7. The first-order chi connectivity index (χ1) is 20.6. The van der Waals surface area contributed by atoms with Crippen molar-refractivity contribution >= 4 is 46.1 Å². The maximum absolute atomic E-state index is 12.7. The Morgan fingerprint density at radius 2 is 1.74 bits per heavy atom. The van der Waals surface area contributed by atoms with Crippen LogP contribution in [0.3, 0.4) is 0 Å². The lowest BCUT2D eigenvalue weighted by Gasteiger charge is -2.10. The minimum atomic E-state index is -0.0734. The molecule has 0 fully saturated rings.